The molecular weight excluding hydrogens is 523 g/mol. The zero-order valence-electron chi connectivity index (χ0n) is 24.0. The standard InChI is InChI=1S/C29H53N6O3P.CH4/c30-27-22-28(35-18-16-34(17-19-35)20-21-39(36,37)38)33-29(32-27)31-23-26-14-12-25(13-15-26)11-5-2-1-4-8-24-9-6-3-7-10-24;/h22,24-26H,1-21,23H2,(H2,36,37,38)(H3,30,31,32,33);1H4. The van der Waals surface area contributed by atoms with E-state index in [4.69, 9.17) is 20.5 Å². The predicted octanol–water partition coefficient (Wildman–Crippen LogP) is 6.13. The molecule has 3 aliphatic rings. The minimum Gasteiger partial charge on any atom is -0.383 e. The van der Waals surface area contributed by atoms with E-state index in [9.17, 15) is 4.57 Å². The summed E-state index contributed by atoms with van der Waals surface area (Å²) in [5, 5.41) is 3.46. The van der Waals surface area contributed by atoms with E-state index >= 15 is 0 Å². The van der Waals surface area contributed by atoms with Crippen molar-refractivity contribution in [3.05, 3.63) is 6.07 Å². The Morgan fingerprint density at radius 1 is 0.850 bits per heavy atom. The number of piperazine rings is 1. The van der Waals surface area contributed by atoms with Gasteiger partial charge >= 0.3 is 7.60 Å². The highest BCUT2D eigenvalue weighted by atomic mass is 31.2. The SMILES string of the molecule is C.Nc1cc(N2CCN(CCP(=O)(O)O)CC2)nc(NCC2CCC(CCCCCCC3CCCCC3)CC2)n1. The lowest BCUT2D eigenvalue weighted by Crippen LogP contribution is -2.47. The number of hydrogen-bond acceptors (Lipinski definition) is 7. The number of anilines is 3. The van der Waals surface area contributed by atoms with Crippen LogP contribution in [0.3, 0.4) is 0 Å². The van der Waals surface area contributed by atoms with Gasteiger partial charge in [0.1, 0.15) is 11.6 Å². The van der Waals surface area contributed by atoms with Crippen LogP contribution in [-0.4, -0.2) is 70.1 Å². The van der Waals surface area contributed by atoms with Crippen LogP contribution in [0.1, 0.15) is 104 Å². The van der Waals surface area contributed by atoms with E-state index in [1.54, 1.807) is 0 Å². The molecule has 0 aromatic carbocycles. The third-order valence-electron chi connectivity index (χ3n) is 9.35. The lowest BCUT2D eigenvalue weighted by atomic mass is 9.79. The Balaban J connectivity index is 0.00000441. The smallest absolute Gasteiger partial charge is 0.326 e. The van der Waals surface area contributed by atoms with Crippen LogP contribution in [0, 0.1) is 17.8 Å². The number of hydrogen-bond donors (Lipinski definition) is 4. The molecule has 40 heavy (non-hydrogen) atoms. The first-order valence-electron chi connectivity index (χ1n) is 15.7. The second kappa shape index (κ2) is 16.9. The maximum Gasteiger partial charge on any atom is 0.326 e. The molecule has 0 unspecified atom stereocenters. The number of nitrogens with one attached hydrogen (secondary N) is 1. The number of aromatic nitrogens is 2. The quantitative estimate of drug-likeness (QED) is 0.152. The number of nitrogens with zero attached hydrogens (tertiary/aromatic N) is 4. The molecule has 10 heteroatoms. The lowest BCUT2D eigenvalue weighted by Gasteiger charge is -2.35. The monoisotopic (exact) mass is 580 g/mol. The summed E-state index contributed by atoms with van der Waals surface area (Å²) in [5.74, 6) is 4.51. The van der Waals surface area contributed by atoms with Crippen molar-refractivity contribution < 1.29 is 14.4 Å². The highest BCUT2D eigenvalue weighted by Crippen LogP contribution is 2.34. The van der Waals surface area contributed by atoms with E-state index in [0.717, 1.165) is 50.4 Å². The molecule has 1 aromatic heterocycles. The van der Waals surface area contributed by atoms with E-state index in [0.29, 0.717) is 24.2 Å². The van der Waals surface area contributed by atoms with E-state index in [-0.39, 0.29) is 13.6 Å². The Morgan fingerprint density at radius 2 is 1.45 bits per heavy atom. The summed E-state index contributed by atoms with van der Waals surface area (Å²) in [6, 6.07) is 1.82. The largest absolute Gasteiger partial charge is 0.383 e. The Kier molecular flexibility index (Phi) is 14.0. The van der Waals surface area contributed by atoms with E-state index in [1.807, 2.05) is 6.07 Å². The third kappa shape index (κ3) is 11.8. The molecule has 1 aromatic rings. The Bertz CT molecular complexity index is 893. The third-order valence-corrected chi connectivity index (χ3v) is 10.1. The molecule has 3 fully saturated rings. The predicted molar refractivity (Wildman–Crippen MR) is 167 cm³/mol. The Hall–Kier alpha value is -1.41. The normalized spacial score (nSPS) is 23.1. The van der Waals surface area contributed by atoms with Crippen molar-refractivity contribution in [3.8, 4) is 0 Å². The lowest BCUT2D eigenvalue weighted by molar-refractivity contribution is 0.263. The van der Waals surface area contributed by atoms with Gasteiger partial charge in [0, 0.05) is 45.3 Å². The maximum atomic E-state index is 11.2. The Labute approximate surface area is 243 Å². The van der Waals surface area contributed by atoms with E-state index in [1.165, 1.54) is 96.3 Å². The van der Waals surface area contributed by atoms with Gasteiger partial charge in [-0.1, -0.05) is 90.9 Å². The van der Waals surface area contributed by atoms with Gasteiger partial charge in [-0.2, -0.15) is 9.97 Å². The van der Waals surface area contributed by atoms with Crippen LogP contribution in [0.25, 0.3) is 0 Å². The molecule has 4 rings (SSSR count). The van der Waals surface area contributed by atoms with Crippen molar-refractivity contribution in [1.29, 1.82) is 0 Å². The molecule has 2 heterocycles. The van der Waals surface area contributed by atoms with Crippen molar-refractivity contribution in [2.24, 2.45) is 17.8 Å². The molecule has 0 amide bonds. The molecular formula is C30H57N6O3P. The molecule has 230 valence electrons. The highest BCUT2D eigenvalue weighted by Gasteiger charge is 2.23. The molecule has 1 aliphatic heterocycles. The minimum atomic E-state index is -3.96. The van der Waals surface area contributed by atoms with Gasteiger partial charge < -0.3 is 25.7 Å². The van der Waals surface area contributed by atoms with Gasteiger partial charge in [0.15, 0.2) is 0 Å². The van der Waals surface area contributed by atoms with E-state index in [2.05, 4.69) is 20.1 Å². The first-order valence-corrected chi connectivity index (χ1v) is 17.5. The fourth-order valence-electron chi connectivity index (χ4n) is 6.82. The van der Waals surface area contributed by atoms with Crippen LogP contribution in [-0.2, 0) is 4.57 Å². The summed E-state index contributed by atoms with van der Waals surface area (Å²) in [6.07, 6.45) is 21.2. The fraction of sp³-hybridized carbons (Fsp3) is 0.867. The topological polar surface area (TPSA) is 128 Å². The maximum absolute atomic E-state index is 11.2. The van der Waals surface area contributed by atoms with Crippen LogP contribution in [0.2, 0.25) is 0 Å². The molecule has 0 atom stereocenters. The molecule has 0 radical (unpaired) electrons. The zero-order valence-corrected chi connectivity index (χ0v) is 24.9. The van der Waals surface area contributed by atoms with E-state index < -0.39 is 7.60 Å². The van der Waals surface area contributed by atoms with Gasteiger partial charge in [0.2, 0.25) is 5.95 Å². The first-order chi connectivity index (χ1) is 18.8. The van der Waals surface area contributed by atoms with Crippen LogP contribution in [0.15, 0.2) is 6.07 Å². The average Bonchev–Trinajstić information content (AvgIpc) is 2.93. The van der Waals surface area contributed by atoms with Crippen LogP contribution in [0.5, 0.6) is 0 Å². The van der Waals surface area contributed by atoms with Crippen LogP contribution in [0.4, 0.5) is 17.6 Å². The van der Waals surface area contributed by atoms with Crippen LogP contribution < -0.4 is 16.0 Å². The van der Waals surface area contributed by atoms with Crippen molar-refractivity contribution >= 4 is 25.2 Å². The first kappa shape index (κ1) is 33.1. The van der Waals surface area contributed by atoms with Gasteiger partial charge in [0.05, 0.1) is 6.16 Å². The van der Waals surface area contributed by atoms with Gasteiger partial charge in [-0.05, 0) is 30.6 Å². The summed E-state index contributed by atoms with van der Waals surface area (Å²) in [7, 11) is -3.96. The summed E-state index contributed by atoms with van der Waals surface area (Å²) in [5.41, 5.74) is 6.12. The van der Waals surface area contributed by atoms with Crippen molar-refractivity contribution in [3.63, 3.8) is 0 Å². The fourth-order valence-corrected chi connectivity index (χ4v) is 7.36. The minimum absolute atomic E-state index is 0. The number of rotatable bonds is 14. The average molecular weight is 581 g/mol. The number of nitrogens with two attached hydrogens (primary N) is 1. The molecule has 9 nitrogen and oxygen atoms in total. The second-order valence-corrected chi connectivity index (χ2v) is 14.2. The van der Waals surface area contributed by atoms with Crippen LogP contribution >= 0.6 is 7.60 Å². The summed E-state index contributed by atoms with van der Waals surface area (Å²) in [4.78, 5) is 31.7. The van der Waals surface area contributed by atoms with Gasteiger partial charge in [0.25, 0.3) is 0 Å². The van der Waals surface area contributed by atoms with Crippen molar-refractivity contribution in [1.82, 2.24) is 14.9 Å². The van der Waals surface area contributed by atoms with Crippen molar-refractivity contribution in [2.45, 2.75) is 104 Å². The summed E-state index contributed by atoms with van der Waals surface area (Å²) in [6.45, 7) is 4.31. The molecule has 1 saturated heterocycles. The number of nitrogen functional groups attached to an aromatic ring is 1. The van der Waals surface area contributed by atoms with Gasteiger partial charge in [-0.15, -0.1) is 0 Å². The molecule has 2 saturated carbocycles. The number of unbranched alkanes of at least 4 members (excludes halogenated alkanes) is 3. The molecule has 2 aliphatic carbocycles. The molecule has 0 spiro atoms. The Morgan fingerprint density at radius 3 is 2.08 bits per heavy atom. The zero-order chi connectivity index (χ0) is 27.5. The second-order valence-electron chi connectivity index (χ2n) is 12.5. The van der Waals surface area contributed by atoms with Gasteiger partial charge in [-0.3, -0.25) is 9.46 Å². The molecule has 0 bridgehead atoms. The highest BCUT2D eigenvalue weighted by molar-refractivity contribution is 7.51. The summed E-state index contributed by atoms with van der Waals surface area (Å²) < 4.78 is 11.2. The molecule has 5 N–H and O–H groups in total. The summed E-state index contributed by atoms with van der Waals surface area (Å²) >= 11 is 0. The van der Waals surface area contributed by atoms with Gasteiger partial charge in [-0.25, -0.2) is 0 Å². The van der Waals surface area contributed by atoms with Crippen molar-refractivity contribution in [2.75, 3.05) is 61.4 Å².